The van der Waals surface area contributed by atoms with E-state index < -0.39 is 0 Å². The summed E-state index contributed by atoms with van der Waals surface area (Å²) in [4.78, 5) is 12.0. The lowest BCUT2D eigenvalue weighted by Crippen LogP contribution is -2.47. The highest BCUT2D eigenvalue weighted by Gasteiger charge is 2.24. The summed E-state index contributed by atoms with van der Waals surface area (Å²) in [5.74, 6) is 1.55. The third kappa shape index (κ3) is 3.65. The lowest BCUT2D eigenvalue weighted by atomic mass is 10.3. The van der Waals surface area contributed by atoms with Gasteiger partial charge in [-0.3, -0.25) is 5.43 Å². The van der Waals surface area contributed by atoms with Gasteiger partial charge in [0.15, 0.2) is 5.82 Å². The number of hydrazine groups is 1. The van der Waals surface area contributed by atoms with Crippen LogP contribution in [-0.4, -0.2) is 46.2 Å². The summed E-state index contributed by atoms with van der Waals surface area (Å²) in [5.41, 5.74) is 3.35. The number of morpholine rings is 1. The van der Waals surface area contributed by atoms with E-state index in [9.17, 15) is 0 Å². The van der Waals surface area contributed by atoms with E-state index >= 15 is 0 Å². The average Bonchev–Trinajstić information content (AvgIpc) is 3.09. The van der Waals surface area contributed by atoms with Crippen LogP contribution in [0.1, 0.15) is 23.5 Å². The molecule has 22 heavy (non-hydrogen) atoms. The first-order valence-electron chi connectivity index (χ1n) is 7.06. The number of hydrogen-bond acceptors (Lipinski definition) is 8. The minimum Gasteiger partial charge on any atom is -0.469 e. The van der Waals surface area contributed by atoms with E-state index in [1.54, 1.807) is 6.26 Å². The van der Waals surface area contributed by atoms with Crippen molar-refractivity contribution in [3.05, 3.63) is 42.1 Å². The molecule has 1 N–H and O–H groups in total. The molecule has 1 unspecified atom stereocenters. The Hall–Kier alpha value is -2.34. The highest BCUT2D eigenvalue weighted by Crippen LogP contribution is 2.17. The summed E-state index contributed by atoms with van der Waals surface area (Å²) in [7, 11) is 0. The minimum absolute atomic E-state index is 0.108. The molecular formula is C14H16N6O2. The maximum Gasteiger partial charge on any atom is 0.235 e. The van der Waals surface area contributed by atoms with Crippen LogP contribution in [0.2, 0.25) is 0 Å². The molecule has 0 radical (unpaired) electrons. The smallest absolute Gasteiger partial charge is 0.235 e. The van der Waals surface area contributed by atoms with Gasteiger partial charge in [0.2, 0.25) is 5.82 Å². The van der Waals surface area contributed by atoms with Crippen LogP contribution in [-0.2, 0) is 11.2 Å². The zero-order chi connectivity index (χ0) is 15.2. The van der Waals surface area contributed by atoms with Gasteiger partial charge in [-0.25, -0.2) is 20.0 Å². The predicted octanol–water partition coefficient (Wildman–Crippen LogP) is 0.457. The summed E-state index contributed by atoms with van der Waals surface area (Å²) < 4.78 is 11.0. The van der Waals surface area contributed by atoms with Crippen molar-refractivity contribution >= 4 is 0 Å². The number of hydrogen-bond donors (Lipinski definition) is 1. The molecule has 0 amide bonds. The first-order valence-corrected chi connectivity index (χ1v) is 7.06. The minimum atomic E-state index is -0.264. The van der Waals surface area contributed by atoms with E-state index in [1.165, 1.54) is 6.33 Å². The standard InChI is InChI=1S/C14H16N6O2/c15-8-13-16-10-17-14(19-13)12-9-20(5-7-22-12)18-4-3-11-2-1-6-21-11/h1-2,6,10,12,18H,3-5,7,9H2. The molecule has 1 saturated heterocycles. The van der Waals surface area contributed by atoms with Crippen molar-refractivity contribution in [3.8, 4) is 6.07 Å². The quantitative estimate of drug-likeness (QED) is 0.850. The van der Waals surface area contributed by atoms with E-state index in [0.29, 0.717) is 19.0 Å². The molecule has 114 valence electrons. The van der Waals surface area contributed by atoms with Gasteiger partial charge in [-0.05, 0) is 12.1 Å². The van der Waals surface area contributed by atoms with Crippen LogP contribution >= 0.6 is 0 Å². The molecule has 3 heterocycles. The van der Waals surface area contributed by atoms with Gasteiger partial charge in [0.05, 0.1) is 12.9 Å². The van der Waals surface area contributed by atoms with Gasteiger partial charge in [0.25, 0.3) is 0 Å². The van der Waals surface area contributed by atoms with Crippen LogP contribution < -0.4 is 5.43 Å². The average molecular weight is 300 g/mol. The Morgan fingerprint density at radius 2 is 2.41 bits per heavy atom. The van der Waals surface area contributed by atoms with Gasteiger partial charge in [0, 0.05) is 26.1 Å². The molecule has 8 heteroatoms. The fraction of sp³-hybridized carbons (Fsp3) is 0.429. The fourth-order valence-corrected chi connectivity index (χ4v) is 2.26. The molecule has 1 aliphatic heterocycles. The molecular weight excluding hydrogens is 284 g/mol. The van der Waals surface area contributed by atoms with Gasteiger partial charge >= 0.3 is 0 Å². The van der Waals surface area contributed by atoms with Crippen molar-refractivity contribution in [2.24, 2.45) is 0 Å². The monoisotopic (exact) mass is 300 g/mol. The fourth-order valence-electron chi connectivity index (χ4n) is 2.26. The molecule has 1 atom stereocenters. The number of nitrogens with one attached hydrogen (secondary N) is 1. The van der Waals surface area contributed by atoms with Crippen LogP contribution in [0.5, 0.6) is 0 Å². The molecule has 0 saturated carbocycles. The molecule has 0 bridgehead atoms. The van der Waals surface area contributed by atoms with E-state index in [2.05, 4.69) is 25.4 Å². The third-order valence-corrected chi connectivity index (χ3v) is 3.33. The number of nitrogens with zero attached hydrogens (tertiary/aromatic N) is 5. The normalized spacial score (nSPS) is 19.0. The summed E-state index contributed by atoms with van der Waals surface area (Å²) in [5, 5.41) is 10.9. The number of nitriles is 1. The highest BCUT2D eigenvalue weighted by molar-refractivity contribution is 5.09. The Morgan fingerprint density at radius 1 is 1.45 bits per heavy atom. The maximum atomic E-state index is 8.84. The zero-order valence-electron chi connectivity index (χ0n) is 12.0. The lowest BCUT2D eigenvalue weighted by molar-refractivity contribution is -0.0528. The third-order valence-electron chi connectivity index (χ3n) is 3.33. The number of aromatic nitrogens is 3. The van der Waals surface area contributed by atoms with Gasteiger partial charge in [-0.15, -0.1) is 0 Å². The Bertz CT molecular complexity index is 639. The second-order valence-corrected chi connectivity index (χ2v) is 4.82. The highest BCUT2D eigenvalue weighted by atomic mass is 16.5. The second-order valence-electron chi connectivity index (χ2n) is 4.82. The Balaban J connectivity index is 1.53. The van der Waals surface area contributed by atoms with E-state index in [0.717, 1.165) is 25.3 Å². The summed E-state index contributed by atoms with van der Waals surface area (Å²) in [6.45, 7) is 2.75. The molecule has 1 aliphatic rings. The molecule has 0 aliphatic carbocycles. The summed E-state index contributed by atoms with van der Waals surface area (Å²) in [6.07, 6.45) is 3.57. The molecule has 2 aromatic heterocycles. The zero-order valence-corrected chi connectivity index (χ0v) is 12.0. The maximum absolute atomic E-state index is 8.84. The van der Waals surface area contributed by atoms with Crippen LogP contribution in [0.15, 0.2) is 29.1 Å². The lowest BCUT2D eigenvalue weighted by Gasteiger charge is -2.32. The Morgan fingerprint density at radius 3 is 3.23 bits per heavy atom. The number of ether oxygens (including phenoxy) is 1. The van der Waals surface area contributed by atoms with Gasteiger partial charge in [-0.2, -0.15) is 5.26 Å². The molecule has 0 spiro atoms. The van der Waals surface area contributed by atoms with Crippen LogP contribution in [0.3, 0.4) is 0 Å². The Kier molecular flexibility index (Phi) is 4.70. The first kappa shape index (κ1) is 14.6. The Labute approximate surface area is 127 Å². The molecule has 0 aromatic carbocycles. The summed E-state index contributed by atoms with van der Waals surface area (Å²) >= 11 is 0. The van der Waals surface area contributed by atoms with E-state index in [-0.39, 0.29) is 11.9 Å². The van der Waals surface area contributed by atoms with Crippen LogP contribution in [0.4, 0.5) is 0 Å². The van der Waals surface area contributed by atoms with Crippen molar-refractivity contribution in [2.45, 2.75) is 12.5 Å². The predicted molar refractivity (Wildman–Crippen MR) is 75.2 cm³/mol. The van der Waals surface area contributed by atoms with Crippen LogP contribution in [0, 0.1) is 11.3 Å². The molecule has 2 aromatic rings. The second kappa shape index (κ2) is 7.09. The van der Waals surface area contributed by atoms with Crippen molar-refractivity contribution in [1.29, 1.82) is 5.26 Å². The van der Waals surface area contributed by atoms with Gasteiger partial charge in [0.1, 0.15) is 24.3 Å². The van der Waals surface area contributed by atoms with E-state index in [4.69, 9.17) is 14.4 Å². The molecule has 8 nitrogen and oxygen atoms in total. The number of rotatable bonds is 5. The first-order chi connectivity index (χ1) is 10.8. The summed E-state index contributed by atoms with van der Waals surface area (Å²) in [6, 6.07) is 5.75. The van der Waals surface area contributed by atoms with E-state index in [1.807, 2.05) is 18.2 Å². The van der Waals surface area contributed by atoms with Gasteiger partial charge in [-0.1, -0.05) is 0 Å². The topological polar surface area (TPSA) is 100 Å². The van der Waals surface area contributed by atoms with Crippen molar-refractivity contribution in [1.82, 2.24) is 25.4 Å². The van der Waals surface area contributed by atoms with Crippen molar-refractivity contribution in [3.63, 3.8) is 0 Å². The van der Waals surface area contributed by atoms with Crippen molar-refractivity contribution < 1.29 is 9.15 Å². The molecule has 3 rings (SSSR count). The van der Waals surface area contributed by atoms with Gasteiger partial charge < -0.3 is 9.15 Å². The molecule has 1 fully saturated rings. The SMILES string of the molecule is N#Cc1ncnc(C2CN(NCCc3ccco3)CCO2)n1. The van der Waals surface area contributed by atoms with Crippen molar-refractivity contribution in [2.75, 3.05) is 26.2 Å². The number of furan rings is 1. The largest absolute Gasteiger partial charge is 0.469 e. The van der Waals surface area contributed by atoms with Crippen LogP contribution in [0.25, 0.3) is 0 Å².